The molecule has 0 amide bonds. The van der Waals surface area contributed by atoms with Crippen LogP contribution in [0, 0.1) is 10.1 Å². The Morgan fingerprint density at radius 1 is 1.50 bits per heavy atom. The molecule has 0 N–H and O–H groups in total. The zero-order valence-electron chi connectivity index (χ0n) is 4.57. The van der Waals surface area contributed by atoms with Crippen molar-refractivity contribution in [2.75, 3.05) is 0 Å². The third-order valence-corrected chi connectivity index (χ3v) is 0.511. The van der Waals surface area contributed by atoms with Gasteiger partial charge in [0.2, 0.25) is 6.20 Å². The summed E-state index contributed by atoms with van der Waals surface area (Å²) in [4.78, 5) is 9.06. The van der Waals surface area contributed by atoms with Crippen LogP contribution in [0.4, 0.5) is 0 Å². The molecule has 0 unspecified atom stereocenters. The molecular formula is C5H7NO2. The minimum atomic E-state index is -0.500. The Balaban J connectivity index is 3.50. The Morgan fingerprint density at radius 3 is 2.50 bits per heavy atom. The van der Waals surface area contributed by atoms with Gasteiger partial charge in [-0.15, -0.1) is 0 Å². The van der Waals surface area contributed by atoms with E-state index in [0.717, 1.165) is 6.20 Å². The van der Waals surface area contributed by atoms with Crippen LogP contribution in [0.3, 0.4) is 0 Å². The van der Waals surface area contributed by atoms with Crippen LogP contribution in [0.15, 0.2) is 24.4 Å². The summed E-state index contributed by atoms with van der Waals surface area (Å²) in [5, 5.41) is 9.56. The maximum Gasteiger partial charge on any atom is 0.234 e. The molecule has 8 heavy (non-hydrogen) atoms. The van der Waals surface area contributed by atoms with Gasteiger partial charge in [0.25, 0.3) is 0 Å². The van der Waals surface area contributed by atoms with Crippen molar-refractivity contribution in [3.63, 3.8) is 0 Å². The second-order valence-corrected chi connectivity index (χ2v) is 1.15. The van der Waals surface area contributed by atoms with E-state index in [-0.39, 0.29) is 0 Å². The summed E-state index contributed by atoms with van der Waals surface area (Å²) in [5.74, 6) is 0. The maximum absolute atomic E-state index is 9.56. The van der Waals surface area contributed by atoms with Gasteiger partial charge in [-0.25, -0.2) is 0 Å². The Bertz CT molecular complexity index is 126. The minimum absolute atomic E-state index is 0.500. The Labute approximate surface area is 47.5 Å². The summed E-state index contributed by atoms with van der Waals surface area (Å²) >= 11 is 0. The van der Waals surface area contributed by atoms with E-state index in [1.54, 1.807) is 19.1 Å². The molecule has 0 aromatic carbocycles. The van der Waals surface area contributed by atoms with Crippen molar-refractivity contribution in [3.8, 4) is 0 Å². The molecule has 0 radical (unpaired) electrons. The molecule has 3 heteroatoms. The van der Waals surface area contributed by atoms with Crippen molar-refractivity contribution in [3.05, 3.63) is 34.5 Å². The summed E-state index contributed by atoms with van der Waals surface area (Å²) < 4.78 is 0. The van der Waals surface area contributed by atoms with Gasteiger partial charge in [-0.3, -0.25) is 10.1 Å². The van der Waals surface area contributed by atoms with Crippen molar-refractivity contribution >= 4 is 0 Å². The number of hydrogen-bond acceptors (Lipinski definition) is 2. The van der Waals surface area contributed by atoms with E-state index >= 15 is 0 Å². The van der Waals surface area contributed by atoms with Gasteiger partial charge in [0, 0.05) is 6.08 Å². The predicted octanol–water partition coefficient (Wildman–Crippen LogP) is 1.35. The lowest BCUT2D eigenvalue weighted by Gasteiger charge is -1.71. The van der Waals surface area contributed by atoms with Gasteiger partial charge < -0.3 is 0 Å². The lowest BCUT2D eigenvalue weighted by Crippen LogP contribution is -1.79. The molecule has 0 heterocycles. The van der Waals surface area contributed by atoms with Crippen LogP contribution in [-0.2, 0) is 0 Å². The molecule has 0 spiro atoms. The number of nitrogens with zero attached hydrogens (tertiary/aromatic N) is 1. The third kappa shape index (κ3) is 4.88. The standard InChI is InChI=1S/C5H7NO2/c1-2-3-4-5-6(7)8/h2-5H,1H3. The van der Waals surface area contributed by atoms with Crippen LogP contribution in [0.2, 0.25) is 0 Å². The predicted molar refractivity (Wildman–Crippen MR) is 30.9 cm³/mol. The van der Waals surface area contributed by atoms with Crippen LogP contribution in [0.1, 0.15) is 6.92 Å². The average Bonchev–Trinajstić information content (AvgIpc) is 1.66. The van der Waals surface area contributed by atoms with Crippen LogP contribution < -0.4 is 0 Å². The van der Waals surface area contributed by atoms with Gasteiger partial charge in [0.1, 0.15) is 0 Å². The van der Waals surface area contributed by atoms with Crippen molar-refractivity contribution in [1.82, 2.24) is 0 Å². The van der Waals surface area contributed by atoms with Crippen molar-refractivity contribution in [2.45, 2.75) is 6.92 Å². The summed E-state index contributed by atoms with van der Waals surface area (Å²) in [6.45, 7) is 1.80. The SMILES string of the molecule is CC=CC=C[N+](=O)[O-]. The molecule has 44 valence electrons. The number of rotatable bonds is 2. The van der Waals surface area contributed by atoms with Crippen LogP contribution in [0.25, 0.3) is 0 Å². The van der Waals surface area contributed by atoms with Gasteiger partial charge in [0.15, 0.2) is 0 Å². The fraction of sp³-hybridized carbons (Fsp3) is 0.200. The summed E-state index contributed by atoms with van der Waals surface area (Å²) in [6.07, 6.45) is 5.59. The highest BCUT2D eigenvalue weighted by atomic mass is 16.6. The molecule has 0 aliphatic rings. The summed E-state index contributed by atoms with van der Waals surface area (Å²) in [6, 6.07) is 0. The fourth-order valence-electron chi connectivity index (χ4n) is 0.231. The van der Waals surface area contributed by atoms with Crippen molar-refractivity contribution < 1.29 is 4.92 Å². The number of nitro groups is 1. The highest BCUT2D eigenvalue weighted by Crippen LogP contribution is 1.75. The normalized spacial score (nSPS) is 11.1. The Morgan fingerprint density at radius 2 is 2.12 bits per heavy atom. The van der Waals surface area contributed by atoms with E-state index in [2.05, 4.69) is 0 Å². The van der Waals surface area contributed by atoms with E-state index in [4.69, 9.17) is 0 Å². The zero-order chi connectivity index (χ0) is 6.41. The quantitative estimate of drug-likeness (QED) is 0.308. The van der Waals surface area contributed by atoms with E-state index in [9.17, 15) is 10.1 Å². The first-order valence-corrected chi connectivity index (χ1v) is 2.20. The first kappa shape index (κ1) is 6.88. The summed E-state index contributed by atoms with van der Waals surface area (Å²) in [7, 11) is 0. The van der Waals surface area contributed by atoms with Crippen LogP contribution >= 0.6 is 0 Å². The third-order valence-electron chi connectivity index (χ3n) is 0.511. The molecule has 0 saturated heterocycles. The number of allylic oxidation sites excluding steroid dienone is 3. The van der Waals surface area contributed by atoms with Crippen LogP contribution in [0.5, 0.6) is 0 Å². The summed E-state index contributed by atoms with van der Waals surface area (Å²) in [5.41, 5.74) is 0. The second-order valence-electron chi connectivity index (χ2n) is 1.15. The average molecular weight is 113 g/mol. The molecule has 0 aromatic rings. The smallest absolute Gasteiger partial charge is 0.234 e. The van der Waals surface area contributed by atoms with Gasteiger partial charge in [-0.05, 0) is 6.92 Å². The molecule has 0 aliphatic heterocycles. The van der Waals surface area contributed by atoms with Gasteiger partial charge in [-0.1, -0.05) is 12.2 Å². The molecule has 0 rings (SSSR count). The minimum Gasteiger partial charge on any atom is -0.259 e. The molecular weight excluding hydrogens is 106 g/mol. The lowest BCUT2D eigenvalue weighted by atomic mass is 10.5. The van der Waals surface area contributed by atoms with Crippen molar-refractivity contribution in [1.29, 1.82) is 0 Å². The van der Waals surface area contributed by atoms with Gasteiger partial charge >= 0.3 is 0 Å². The molecule has 0 atom stereocenters. The van der Waals surface area contributed by atoms with E-state index in [0.29, 0.717) is 0 Å². The Kier molecular flexibility index (Phi) is 3.48. The molecule has 0 aliphatic carbocycles. The topological polar surface area (TPSA) is 43.1 Å². The van der Waals surface area contributed by atoms with Gasteiger partial charge in [0.05, 0.1) is 4.92 Å². The van der Waals surface area contributed by atoms with E-state index in [1.165, 1.54) is 6.08 Å². The Hall–Kier alpha value is -1.12. The lowest BCUT2D eigenvalue weighted by molar-refractivity contribution is -0.402. The fourth-order valence-corrected chi connectivity index (χ4v) is 0.231. The molecule has 3 nitrogen and oxygen atoms in total. The maximum atomic E-state index is 9.56. The van der Waals surface area contributed by atoms with Crippen molar-refractivity contribution in [2.24, 2.45) is 0 Å². The monoisotopic (exact) mass is 113 g/mol. The zero-order valence-corrected chi connectivity index (χ0v) is 4.57. The van der Waals surface area contributed by atoms with E-state index < -0.39 is 4.92 Å². The van der Waals surface area contributed by atoms with Crippen LogP contribution in [-0.4, -0.2) is 4.92 Å². The number of hydrogen-bond donors (Lipinski definition) is 0. The molecule has 0 fully saturated rings. The molecule has 0 aromatic heterocycles. The first-order chi connectivity index (χ1) is 3.77. The van der Waals surface area contributed by atoms with Gasteiger partial charge in [-0.2, -0.15) is 0 Å². The molecule has 0 bridgehead atoms. The second kappa shape index (κ2) is 4.05. The molecule has 0 saturated carbocycles. The highest BCUT2D eigenvalue weighted by molar-refractivity contribution is 4.97. The van der Waals surface area contributed by atoms with E-state index in [1.807, 2.05) is 0 Å². The largest absolute Gasteiger partial charge is 0.259 e. The first-order valence-electron chi connectivity index (χ1n) is 2.20. The highest BCUT2D eigenvalue weighted by Gasteiger charge is 1.76.